The van der Waals surface area contributed by atoms with Crippen LogP contribution in [0.3, 0.4) is 0 Å². The van der Waals surface area contributed by atoms with E-state index in [1.807, 2.05) is 6.07 Å². The van der Waals surface area contributed by atoms with E-state index in [2.05, 4.69) is 10.5 Å². The van der Waals surface area contributed by atoms with E-state index in [1.54, 1.807) is 30.3 Å². The highest BCUT2D eigenvalue weighted by Gasteiger charge is 2.31. The summed E-state index contributed by atoms with van der Waals surface area (Å²) in [6.07, 6.45) is 1.90. The summed E-state index contributed by atoms with van der Waals surface area (Å²) < 4.78 is 0. The molecule has 1 fully saturated rings. The number of phenols is 1. The lowest BCUT2D eigenvalue weighted by Crippen LogP contribution is -2.21. The first-order chi connectivity index (χ1) is 11.1. The monoisotopic (exact) mass is 348 g/mol. The second-order valence-electron chi connectivity index (χ2n) is 5.36. The summed E-state index contributed by atoms with van der Waals surface area (Å²) >= 11 is 12.0. The minimum absolute atomic E-state index is 0.0734. The van der Waals surface area contributed by atoms with Crippen molar-refractivity contribution >= 4 is 34.8 Å². The molecule has 2 aromatic carbocycles. The molecular weight excluding hydrogens is 335 g/mol. The van der Waals surface area contributed by atoms with Gasteiger partial charge in [-0.25, -0.2) is 5.43 Å². The van der Waals surface area contributed by atoms with E-state index in [4.69, 9.17) is 23.2 Å². The van der Waals surface area contributed by atoms with E-state index in [0.717, 1.165) is 12.8 Å². The summed E-state index contributed by atoms with van der Waals surface area (Å²) in [5, 5.41) is 15.0. The minimum Gasteiger partial charge on any atom is -0.506 e. The van der Waals surface area contributed by atoms with Crippen LogP contribution in [-0.4, -0.2) is 16.7 Å². The number of hydrogen-bond donors (Lipinski definition) is 2. The molecule has 0 heterocycles. The molecule has 23 heavy (non-hydrogen) atoms. The van der Waals surface area contributed by atoms with Crippen molar-refractivity contribution in [2.75, 3.05) is 0 Å². The van der Waals surface area contributed by atoms with Crippen molar-refractivity contribution in [3.05, 3.63) is 63.6 Å². The Kier molecular flexibility index (Phi) is 4.55. The first-order valence-corrected chi connectivity index (χ1v) is 7.93. The summed E-state index contributed by atoms with van der Waals surface area (Å²) in [7, 11) is 0. The number of phenolic OH excluding ortho intramolecular Hbond substituents is 1. The zero-order valence-electron chi connectivity index (χ0n) is 12.1. The Balaban J connectivity index is 1.89. The maximum atomic E-state index is 12.1. The molecular formula is C17H14Cl2N2O2. The predicted octanol–water partition coefficient (Wildman–Crippen LogP) is 4.24. The van der Waals surface area contributed by atoms with Gasteiger partial charge in [-0.15, -0.1) is 0 Å². The van der Waals surface area contributed by atoms with Crippen molar-refractivity contribution in [2.24, 2.45) is 11.0 Å². The second kappa shape index (κ2) is 6.60. The smallest absolute Gasteiger partial charge is 0.271 e. The number of carbonyl (C=O) groups excluding carboxylic acids is 1. The molecule has 1 aliphatic carbocycles. The predicted molar refractivity (Wildman–Crippen MR) is 91.3 cm³/mol. The first-order valence-electron chi connectivity index (χ1n) is 7.17. The van der Waals surface area contributed by atoms with Crippen LogP contribution in [0.25, 0.3) is 0 Å². The minimum atomic E-state index is -0.309. The molecule has 2 N–H and O–H groups in total. The molecule has 0 radical (unpaired) electrons. The molecule has 0 saturated heterocycles. The van der Waals surface area contributed by atoms with Gasteiger partial charge in [0.05, 0.1) is 10.7 Å². The summed E-state index contributed by atoms with van der Waals surface area (Å²) in [5.41, 5.74) is 4.10. The number of nitrogens with zero attached hydrogens (tertiary/aromatic N) is 1. The molecule has 2 aromatic rings. The number of halogens is 2. The fourth-order valence-corrected chi connectivity index (χ4v) is 2.75. The van der Waals surface area contributed by atoms with E-state index < -0.39 is 0 Å². The number of hydrogen-bond acceptors (Lipinski definition) is 3. The van der Waals surface area contributed by atoms with Gasteiger partial charge < -0.3 is 5.11 Å². The third kappa shape index (κ3) is 3.66. The van der Waals surface area contributed by atoms with Crippen molar-refractivity contribution < 1.29 is 9.90 Å². The Bertz CT molecular complexity index is 772. The average Bonchev–Trinajstić information content (AvgIpc) is 3.37. The Morgan fingerprint density at radius 2 is 1.87 bits per heavy atom. The average molecular weight is 349 g/mol. The number of carbonyl (C=O) groups is 1. The maximum Gasteiger partial charge on any atom is 0.271 e. The standard InChI is InChI=1S/C17H14Cl2N2O2/c18-12-8-13(16(22)14(19)9-12)15(10-6-7-10)20-21-17(23)11-4-2-1-3-5-11/h1-5,8-10,22H,6-7H2,(H,21,23)/b20-15+. The molecule has 0 atom stereocenters. The molecule has 0 bridgehead atoms. The Morgan fingerprint density at radius 3 is 2.52 bits per heavy atom. The van der Waals surface area contributed by atoms with Crippen molar-refractivity contribution in [1.29, 1.82) is 0 Å². The van der Waals surface area contributed by atoms with Crippen LogP contribution in [0.5, 0.6) is 5.75 Å². The van der Waals surface area contributed by atoms with Gasteiger partial charge in [-0.2, -0.15) is 5.10 Å². The van der Waals surface area contributed by atoms with Gasteiger partial charge in [0.2, 0.25) is 0 Å². The fraction of sp³-hybridized carbons (Fsp3) is 0.176. The largest absolute Gasteiger partial charge is 0.506 e. The van der Waals surface area contributed by atoms with Gasteiger partial charge in [0, 0.05) is 22.1 Å². The molecule has 1 amide bonds. The van der Waals surface area contributed by atoms with Gasteiger partial charge >= 0.3 is 0 Å². The number of benzene rings is 2. The van der Waals surface area contributed by atoms with Gasteiger partial charge in [-0.05, 0) is 37.1 Å². The molecule has 6 heteroatoms. The highest BCUT2D eigenvalue weighted by Crippen LogP contribution is 2.39. The van der Waals surface area contributed by atoms with Crippen LogP contribution in [0, 0.1) is 5.92 Å². The van der Waals surface area contributed by atoms with Crippen molar-refractivity contribution in [3.8, 4) is 5.75 Å². The third-order valence-electron chi connectivity index (χ3n) is 3.58. The molecule has 118 valence electrons. The maximum absolute atomic E-state index is 12.1. The molecule has 1 saturated carbocycles. The zero-order valence-corrected chi connectivity index (χ0v) is 13.6. The van der Waals surface area contributed by atoms with Gasteiger partial charge in [0.15, 0.2) is 0 Å². The van der Waals surface area contributed by atoms with Crippen LogP contribution in [-0.2, 0) is 0 Å². The molecule has 0 spiro atoms. The summed E-state index contributed by atoms with van der Waals surface area (Å²) in [6, 6.07) is 11.9. The van der Waals surface area contributed by atoms with Crippen molar-refractivity contribution in [3.63, 3.8) is 0 Å². The van der Waals surface area contributed by atoms with Crippen LogP contribution in [0.1, 0.15) is 28.8 Å². The number of aromatic hydroxyl groups is 1. The van der Waals surface area contributed by atoms with Gasteiger partial charge in [0.1, 0.15) is 5.75 Å². The summed E-state index contributed by atoms with van der Waals surface area (Å²) in [4.78, 5) is 12.1. The SMILES string of the molecule is O=C(N/N=C(/c1cc(Cl)cc(Cl)c1O)C1CC1)c1ccccc1. The second-order valence-corrected chi connectivity index (χ2v) is 6.21. The van der Waals surface area contributed by atoms with Gasteiger partial charge in [-0.1, -0.05) is 41.4 Å². The van der Waals surface area contributed by atoms with Crippen LogP contribution >= 0.6 is 23.2 Å². The number of hydrazone groups is 1. The number of amides is 1. The normalized spacial score (nSPS) is 14.6. The van der Waals surface area contributed by atoms with E-state index in [9.17, 15) is 9.90 Å². The van der Waals surface area contributed by atoms with E-state index in [-0.39, 0.29) is 22.6 Å². The first kappa shape index (κ1) is 15.8. The van der Waals surface area contributed by atoms with E-state index >= 15 is 0 Å². The number of rotatable bonds is 4. The highest BCUT2D eigenvalue weighted by atomic mass is 35.5. The van der Waals surface area contributed by atoms with Crippen LogP contribution in [0.2, 0.25) is 10.0 Å². The molecule has 4 nitrogen and oxygen atoms in total. The van der Waals surface area contributed by atoms with E-state index in [1.165, 1.54) is 6.07 Å². The van der Waals surface area contributed by atoms with Crippen LogP contribution in [0.15, 0.2) is 47.6 Å². The van der Waals surface area contributed by atoms with Crippen LogP contribution < -0.4 is 5.43 Å². The summed E-state index contributed by atoms with van der Waals surface area (Å²) in [5.74, 6) is -0.196. The Labute approximate surface area is 143 Å². The quantitative estimate of drug-likeness (QED) is 0.641. The Hall–Kier alpha value is -2.04. The van der Waals surface area contributed by atoms with E-state index in [0.29, 0.717) is 21.9 Å². The zero-order chi connectivity index (χ0) is 16.4. The summed E-state index contributed by atoms with van der Waals surface area (Å²) in [6.45, 7) is 0. The molecule has 3 rings (SSSR count). The lowest BCUT2D eigenvalue weighted by Gasteiger charge is -2.10. The van der Waals surface area contributed by atoms with Gasteiger partial charge in [-0.3, -0.25) is 4.79 Å². The van der Waals surface area contributed by atoms with Gasteiger partial charge in [0.25, 0.3) is 5.91 Å². The Morgan fingerprint density at radius 1 is 1.17 bits per heavy atom. The van der Waals surface area contributed by atoms with Crippen LogP contribution in [0.4, 0.5) is 0 Å². The third-order valence-corrected chi connectivity index (χ3v) is 4.09. The lowest BCUT2D eigenvalue weighted by atomic mass is 10.1. The fourth-order valence-electron chi connectivity index (χ4n) is 2.25. The van der Waals surface area contributed by atoms with Crippen molar-refractivity contribution in [2.45, 2.75) is 12.8 Å². The molecule has 1 aliphatic rings. The molecule has 0 unspecified atom stereocenters. The highest BCUT2D eigenvalue weighted by molar-refractivity contribution is 6.36. The lowest BCUT2D eigenvalue weighted by molar-refractivity contribution is 0.0954. The van der Waals surface area contributed by atoms with Crippen molar-refractivity contribution in [1.82, 2.24) is 5.43 Å². The topological polar surface area (TPSA) is 61.7 Å². The molecule has 0 aromatic heterocycles. The molecule has 0 aliphatic heterocycles. The number of nitrogens with one attached hydrogen (secondary N) is 1.